The molecule has 0 amide bonds. The molecule has 2 aromatic rings. The van der Waals surface area contributed by atoms with Gasteiger partial charge in [-0.05, 0) is 39.0 Å². The molecule has 0 aliphatic carbocycles. The van der Waals surface area contributed by atoms with Crippen LogP contribution in [0.1, 0.15) is 39.7 Å². The van der Waals surface area contributed by atoms with Crippen LogP contribution in [-0.4, -0.2) is 21.8 Å². The van der Waals surface area contributed by atoms with Gasteiger partial charge in [0.25, 0.3) is 0 Å². The van der Waals surface area contributed by atoms with Crippen molar-refractivity contribution in [3.8, 4) is 11.8 Å². The second-order valence-corrected chi connectivity index (χ2v) is 5.38. The zero-order chi connectivity index (χ0) is 15.9. The van der Waals surface area contributed by atoms with Crippen molar-refractivity contribution in [3.05, 3.63) is 36.0 Å². The number of carboxylic acid groups (broad SMARTS) is 1. The number of aromatic nitrogens is 1. The number of H-pyrrole nitrogens is 1. The molecule has 0 unspecified atom stereocenters. The van der Waals surface area contributed by atoms with Crippen LogP contribution in [-0.2, 0) is 4.74 Å². The van der Waals surface area contributed by atoms with Crippen molar-refractivity contribution < 1.29 is 14.6 Å². The Balaban J connectivity index is 0.000000240. The predicted molar refractivity (Wildman–Crippen MR) is 84.3 cm³/mol. The van der Waals surface area contributed by atoms with E-state index in [9.17, 15) is 4.79 Å². The molecule has 0 aliphatic heterocycles. The molecular formula is C17H21NO3. The number of carbonyl (C=O) groups is 1. The maximum atomic E-state index is 9.79. The minimum atomic E-state index is -1.22. The fourth-order valence-corrected chi connectivity index (χ4v) is 1.64. The van der Waals surface area contributed by atoms with Crippen molar-refractivity contribution in [3.63, 3.8) is 0 Å². The number of nitrogens with one attached hydrogen (secondary N) is 1. The first-order chi connectivity index (χ1) is 9.83. The van der Waals surface area contributed by atoms with E-state index >= 15 is 0 Å². The summed E-state index contributed by atoms with van der Waals surface area (Å²) in [4.78, 5) is 13.0. The lowest BCUT2D eigenvalue weighted by Gasteiger charge is -2.15. The molecule has 0 aliphatic rings. The lowest BCUT2D eigenvalue weighted by molar-refractivity contribution is 0.0150. The highest BCUT2D eigenvalue weighted by Crippen LogP contribution is 2.15. The first-order valence-electron chi connectivity index (χ1n) is 6.80. The molecule has 4 nitrogen and oxygen atoms in total. The van der Waals surface area contributed by atoms with Crippen molar-refractivity contribution in [1.29, 1.82) is 0 Å². The fourth-order valence-electron chi connectivity index (χ4n) is 1.64. The minimum absolute atomic E-state index is 0.578. The number of hydrogen-bond acceptors (Lipinski definition) is 2. The molecule has 21 heavy (non-hydrogen) atoms. The van der Waals surface area contributed by atoms with Crippen molar-refractivity contribution >= 4 is 17.1 Å². The average Bonchev–Trinajstić information content (AvgIpc) is 2.82. The Kier molecular flexibility index (Phi) is 5.86. The van der Waals surface area contributed by atoms with Crippen molar-refractivity contribution in [2.45, 2.75) is 39.7 Å². The Labute approximate surface area is 125 Å². The molecule has 1 aromatic heterocycles. The summed E-state index contributed by atoms with van der Waals surface area (Å²) in [6.07, 6.45) is 1.63. The van der Waals surface area contributed by atoms with Gasteiger partial charge in [-0.25, -0.2) is 4.79 Å². The topological polar surface area (TPSA) is 62.3 Å². The Morgan fingerprint density at radius 2 is 2.05 bits per heavy atom. The summed E-state index contributed by atoms with van der Waals surface area (Å²) >= 11 is 0. The Morgan fingerprint density at radius 3 is 2.57 bits per heavy atom. The standard InChI is InChI=1S/C12H11N.C5H10O3/c1-2-3-5-10-6-4-7-12-11(10)8-9-13-12;1-5(2,3)8-4(6)7/h4,6-9,13H,2H2,1H3;1-3H3,(H,6,7). The zero-order valence-corrected chi connectivity index (χ0v) is 12.9. The van der Waals surface area contributed by atoms with Crippen LogP contribution >= 0.6 is 0 Å². The molecule has 4 heteroatoms. The van der Waals surface area contributed by atoms with Crippen LogP contribution in [0.3, 0.4) is 0 Å². The van der Waals surface area contributed by atoms with Crippen LogP contribution in [0.25, 0.3) is 10.9 Å². The summed E-state index contributed by atoms with van der Waals surface area (Å²) in [5.41, 5.74) is 1.69. The van der Waals surface area contributed by atoms with E-state index in [-0.39, 0.29) is 0 Å². The van der Waals surface area contributed by atoms with Crippen molar-refractivity contribution in [2.24, 2.45) is 0 Å². The summed E-state index contributed by atoms with van der Waals surface area (Å²) < 4.78 is 4.35. The molecular weight excluding hydrogens is 266 g/mol. The van der Waals surface area contributed by atoms with Gasteiger partial charge >= 0.3 is 6.16 Å². The third-order valence-electron chi connectivity index (χ3n) is 2.39. The van der Waals surface area contributed by atoms with E-state index in [4.69, 9.17) is 5.11 Å². The van der Waals surface area contributed by atoms with Gasteiger partial charge in [0, 0.05) is 29.1 Å². The molecule has 112 valence electrons. The highest BCUT2D eigenvalue weighted by atomic mass is 16.7. The van der Waals surface area contributed by atoms with Gasteiger partial charge in [0.15, 0.2) is 0 Å². The maximum Gasteiger partial charge on any atom is 0.506 e. The van der Waals surface area contributed by atoms with Gasteiger partial charge in [-0.3, -0.25) is 0 Å². The van der Waals surface area contributed by atoms with Crippen LogP contribution in [0.5, 0.6) is 0 Å². The van der Waals surface area contributed by atoms with Gasteiger partial charge in [0.2, 0.25) is 0 Å². The van der Waals surface area contributed by atoms with Crippen LogP contribution < -0.4 is 0 Å². The second-order valence-electron chi connectivity index (χ2n) is 5.38. The van der Waals surface area contributed by atoms with Crippen LogP contribution in [0.4, 0.5) is 4.79 Å². The van der Waals surface area contributed by atoms with Gasteiger partial charge in [0.1, 0.15) is 5.60 Å². The third kappa shape index (κ3) is 6.05. The molecule has 0 fully saturated rings. The molecule has 2 N–H and O–H groups in total. The zero-order valence-electron chi connectivity index (χ0n) is 12.9. The van der Waals surface area contributed by atoms with E-state index < -0.39 is 11.8 Å². The first kappa shape index (κ1) is 16.6. The maximum absolute atomic E-state index is 9.79. The Bertz CT molecular complexity index is 654. The number of rotatable bonds is 0. The van der Waals surface area contributed by atoms with Crippen LogP contribution in [0.15, 0.2) is 30.5 Å². The third-order valence-corrected chi connectivity index (χ3v) is 2.39. The second kappa shape index (κ2) is 7.39. The lowest BCUT2D eigenvalue weighted by Crippen LogP contribution is -2.22. The average molecular weight is 287 g/mol. The van der Waals surface area contributed by atoms with Gasteiger partial charge in [-0.1, -0.05) is 24.8 Å². The smallest absolute Gasteiger partial charge is 0.450 e. The van der Waals surface area contributed by atoms with Crippen molar-refractivity contribution in [2.75, 3.05) is 0 Å². The molecule has 1 aromatic carbocycles. The molecule has 0 atom stereocenters. The molecule has 1 heterocycles. The number of hydrogen-bond donors (Lipinski definition) is 2. The van der Waals surface area contributed by atoms with E-state index in [1.165, 1.54) is 5.39 Å². The van der Waals surface area contributed by atoms with Crippen LogP contribution in [0, 0.1) is 11.8 Å². The van der Waals surface area contributed by atoms with Gasteiger partial charge in [-0.2, -0.15) is 0 Å². The SMILES string of the molecule is CC(C)(C)OC(=O)O.CCC#Cc1cccc2[nH]ccc12. The molecule has 0 spiro atoms. The Morgan fingerprint density at radius 1 is 1.33 bits per heavy atom. The number of benzene rings is 1. The number of aromatic amines is 1. The summed E-state index contributed by atoms with van der Waals surface area (Å²) in [5, 5.41) is 9.24. The summed E-state index contributed by atoms with van der Waals surface area (Å²) in [7, 11) is 0. The highest BCUT2D eigenvalue weighted by molar-refractivity contribution is 5.85. The van der Waals surface area contributed by atoms with Crippen LogP contribution in [0.2, 0.25) is 0 Å². The fraction of sp³-hybridized carbons (Fsp3) is 0.353. The largest absolute Gasteiger partial charge is 0.506 e. The molecule has 0 radical (unpaired) electrons. The van der Waals surface area contributed by atoms with E-state index in [0.717, 1.165) is 17.5 Å². The minimum Gasteiger partial charge on any atom is -0.450 e. The number of ether oxygens (including phenoxy) is 1. The van der Waals surface area contributed by atoms with E-state index in [2.05, 4.69) is 46.7 Å². The number of fused-ring (bicyclic) bond motifs is 1. The predicted octanol–water partition coefficient (Wildman–Crippen LogP) is 4.41. The molecule has 0 bridgehead atoms. The van der Waals surface area contributed by atoms with E-state index in [1.54, 1.807) is 20.8 Å². The van der Waals surface area contributed by atoms with Gasteiger partial charge < -0.3 is 14.8 Å². The molecule has 0 saturated heterocycles. The van der Waals surface area contributed by atoms with E-state index in [1.807, 2.05) is 12.3 Å². The Hall–Kier alpha value is -2.41. The van der Waals surface area contributed by atoms with Gasteiger partial charge in [0.05, 0.1) is 0 Å². The molecule has 2 rings (SSSR count). The monoisotopic (exact) mass is 287 g/mol. The lowest BCUT2D eigenvalue weighted by atomic mass is 10.1. The highest BCUT2D eigenvalue weighted by Gasteiger charge is 2.13. The summed E-state index contributed by atoms with van der Waals surface area (Å²) in [5.74, 6) is 6.24. The normalized spacial score (nSPS) is 10.1. The molecule has 0 saturated carbocycles. The van der Waals surface area contributed by atoms with Gasteiger partial charge in [-0.15, -0.1) is 0 Å². The van der Waals surface area contributed by atoms with Crippen molar-refractivity contribution in [1.82, 2.24) is 4.98 Å². The van der Waals surface area contributed by atoms with E-state index in [0.29, 0.717) is 0 Å². The first-order valence-corrected chi connectivity index (χ1v) is 6.80. The summed E-state index contributed by atoms with van der Waals surface area (Å²) in [6.45, 7) is 7.10. The quantitative estimate of drug-likeness (QED) is 0.557. The summed E-state index contributed by atoms with van der Waals surface area (Å²) in [6, 6.07) is 8.21.